The van der Waals surface area contributed by atoms with E-state index in [1.807, 2.05) is 0 Å². The smallest absolute Gasteiger partial charge is 0.0168 e. The quantitative estimate of drug-likeness (QED) is 0.603. The minimum Gasteiger partial charge on any atom is -0.0819 e. The van der Waals surface area contributed by atoms with Crippen LogP contribution in [0.15, 0.2) is 11.6 Å². The van der Waals surface area contributed by atoms with Crippen LogP contribution >= 0.6 is 0 Å². The number of rotatable bonds is 4. The highest BCUT2D eigenvalue weighted by Gasteiger charge is 2.52. The van der Waals surface area contributed by atoms with Crippen LogP contribution in [0.4, 0.5) is 0 Å². The van der Waals surface area contributed by atoms with Gasteiger partial charge in [-0.3, -0.25) is 0 Å². The van der Waals surface area contributed by atoms with E-state index in [-0.39, 0.29) is 0 Å². The fourth-order valence-electron chi connectivity index (χ4n) is 3.87. The molecule has 0 spiro atoms. The molecule has 3 aliphatic rings. The van der Waals surface area contributed by atoms with Gasteiger partial charge in [0.25, 0.3) is 0 Å². The average Bonchev–Trinajstić information content (AvgIpc) is 3.11. The summed E-state index contributed by atoms with van der Waals surface area (Å²) in [5.74, 6) is 3.78. The molecule has 89 valence electrons. The van der Waals surface area contributed by atoms with Crippen molar-refractivity contribution in [1.82, 2.24) is 0 Å². The minimum absolute atomic E-state index is 0.526. The molecule has 0 N–H and O–H groups in total. The average molecular weight is 217 g/mol. The monoisotopic (exact) mass is 217 g/mol. The van der Waals surface area contributed by atoms with Crippen molar-refractivity contribution in [3.8, 4) is 0 Å². The molecule has 0 aromatic rings. The molecular formula is C16H25. The maximum Gasteiger partial charge on any atom is -0.0168 e. The van der Waals surface area contributed by atoms with Gasteiger partial charge >= 0.3 is 0 Å². The first-order valence-electron chi connectivity index (χ1n) is 7.13. The molecule has 1 radical (unpaired) electrons. The predicted octanol–water partition coefficient (Wildman–Crippen LogP) is 4.62. The highest BCUT2D eigenvalue weighted by atomic mass is 14.6. The summed E-state index contributed by atoms with van der Waals surface area (Å²) in [4.78, 5) is 0. The van der Waals surface area contributed by atoms with Gasteiger partial charge in [0.2, 0.25) is 0 Å². The number of allylic oxidation sites excluding steroid dienone is 2. The van der Waals surface area contributed by atoms with Crippen LogP contribution in [0, 0.1) is 35.5 Å². The van der Waals surface area contributed by atoms with Crippen LogP contribution < -0.4 is 0 Å². The second kappa shape index (κ2) is 3.62. The van der Waals surface area contributed by atoms with E-state index in [2.05, 4.69) is 33.3 Å². The van der Waals surface area contributed by atoms with Crippen LogP contribution in [-0.2, 0) is 0 Å². The summed E-state index contributed by atoms with van der Waals surface area (Å²) in [6, 6.07) is 0. The van der Waals surface area contributed by atoms with E-state index >= 15 is 0 Å². The molecule has 0 aliphatic heterocycles. The Morgan fingerprint density at radius 3 is 2.44 bits per heavy atom. The van der Waals surface area contributed by atoms with Gasteiger partial charge in [0, 0.05) is 0 Å². The summed E-state index contributed by atoms with van der Waals surface area (Å²) >= 11 is 0. The van der Waals surface area contributed by atoms with Gasteiger partial charge in [0.15, 0.2) is 0 Å². The van der Waals surface area contributed by atoms with Gasteiger partial charge in [-0.05, 0) is 74.5 Å². The van der Waals surface area contributed by atoms with Crippen LogP contribution in [0.1, 0.15) is 52.9 Å². The van der Waals surface area contributed by atoms with E-state index in [1.165, 1.54) is 32.1 Å². The third kappa shape index (κ3) is 1.85. The van der Waals surface area contributed by atoms with Crippen molar-refractivity contribution in [3.63, 3.8) is 0 Å². The zero-order valence-electron chi connectivity index (χ0n) is 11.0. The fraction of sp³-hybridized carbons (Fsp3) is 0.812. The molecule has 0 heterocycles. The maximum absolute atomic E-state index is 2.75. The molecule has 3 aliphatic carbocycles. The Morgan fingerprint density at radius 1 is 1.31 bits per heavy atom. The molecule has 4 unspecified atom stereocenters. The molecular weight excluding hydrogens is 192 g/mol. The molecule has 16 heavy (non-hydrogen) atoms. The van der Waals surface area contributed by atoms with Gasteiger partial charge in [-0.1, -0.05) is 25.5 Å². The topological polar surface area (TPSA) is 0 Å². The lowest BCUT2D eigenvalue weighted by atomic mass is 9.68. The lowest BCUT2D eigenvalue weighted by Gasteiger charge is -2.36. The van der Waals surface area contributed by atoms with Crippen molar-refractivity contribution < 1.29 is 0 Å². The highest BCUT2D eigenvalue weighted by Crippen LogP contribution is 2.60. The normalized spacial score (nSPS) is 41.7. The first kappa shape index (κ1) is 10.9. The Balaban J connectivity index is 1.77. The summed E-state index contributed by atoms with van der Waals surface area (Å²) in [5, 5.41) is 0. The van der Waals surface area contributed by atoms with Crippen LogP contribution in [0.25, 0.3) is 0 Å². The van der Waals surface area contributed by atoms with Crippen molar-refractivity contribution in [1.29, 1.82) is 0 Å². The van der Waals surface area contributed by atoms with E-state index < -0.39 is 0 Å². The largest absolute Gasteiger partial charge is 0.0819 e. The summed E-state index contributed by atoms with van der Waals surface area (Å²) in [6.45, 7) is 7.31. The van der Waals surface area contributed by atoms with Crippen molar-refractivity contribution in [2.75, 3.05) is 0 Å². The number of hydrogen-bond donors (Lipinski definition) is 0. The maximum atomic E-state index is 2.75. The van der Waals surface area contributed by atoms with E-state index in [0.29, 0.717) is 5.41 Å². The Labute approximate surface area is 101 Å². The Hall–Kier alpha value is -0.260. The summed E-state index contributed by atoms with van der Waals surface area (Å²) in [5.41, 5.74) is 2.16. The van der Waals surface area contributed by atoms with Crippen LogP contribution in [0.2, 0.25) is 0 Å². The molecule has 2 saturated carbocycles. The second-order valence-corrected chi connectivity index (χ2v) is 6.85. The van der Waals surface area contributed by atoms with Crippen LogP contribution in [0.3, 0.4) is 0 Å². The van der Waals surface area contributed by atoms with Crippen molar-refractivity contribution in [2.45, 2.75) is 52.9 Å². The van der Waals surface area contributed by atoms with E-state index in [1.54, 1.807) is 5.57 Å². The predicted molar refractivity (Wildman–Crippen MR) is 68.9 cm³/mol. The first-order valence-corrected chi connectivity index (χ1v) is 7.13. The molecule has 0 aromatic heterocycles. The summed E-state index contributed by atoms with van der Waals surface area (Å²) in [6.07, 6.45) is 12.5. The van der Waals surface area contributed by atoms with Crippen molar-refractivity contribution in [3.05, 3.63) is 18.1 Å². The van der Waals surface area contributed by atoms with E-state index in [0.717, 1.165) is 23.7 Å². The van der Waals surface area contributed by atoms with E-state index in [4.69, 9.17) is 0 Å². The molecule has 0 saturated heterocycles. The third-order valence-electron chi connectivity index (χ3n) is 5.26. The fourth-order valence-corrected chi connectivity index (χ4v) is 3.87. The zero-order chi connectivity index (χ0) is 11.3. The van der Waals surface area contributed by atoms with Gasteiger partial charge in [-0.2, -0.15) is 0 Å². The first-order chi connectivity index (χ1) is 7.59. The van der Waals surface area contributed by atoms with Gasteiger partial charge in [-0.15, -0.1) is 0 Å². The lowest BCUT2D eigenvalue weighted by Crippen LogP contribution is -2.29. The second-order valence-electron chi connectivity index (χ2n) is 6.85. The van der Waals surface area contributed by atoms with Gasteiger partial charge in [-0.25, -0.2) is 0 Å². The molecule has 3 rings (SSSR count). The molecule has 0 aromatic carbocycles. The summed E-state index contributed by atoms with van der Waals surface area (Å²) in [7, 11) is 0. The molecule has 0 nitrogen and oxygen atoms in total. The van der Waals surface area contributed by atoms with Gasteiger partial charge < -0.3 is 0 Å². The molecule has 0 amide bonds. The van der Waals surface area contributed by atoms with Crippen molar-refractivity contribution >= 4 is 0 Å². The zero-order valence-corrected chi connectivity index (χ0v) is 11.0. The van der Waals surface area contributed by atoms with Gasteiger partial charge in [0.05, 0.1) is 0 Å². The van der Waals surface area contributed by atoms with Crippen molar-refractivity contribution in [2.24, 2.45) is 29.1 Å². The Kier molecular flexibility index (Phi) is 2.46. The lowest BCUT2D eigenvalue weighted by molar-refractivity contribution is 0.213. The SMILES string of the molecule is CC1=CC(C(C)([CH]C2CC2)C2CC2C)CC1. The van der Waals surface area contributed by atoms with Crippen LogP contribution in [0.5, 0.6) is 0 Å². The minimum atomic E-state index is 0.526. The third-order valence-corrected chi connectivity index (χ3v) is 5.26. The number of hydrogen-bond acceptors (Lipinski definition) is 0. The highest BCUT2D eigenvalue weighted by molar-refractivity contribution is 5.19. The Morgan fingerprint density at radius 2 is 2.00 bits per heavy atom. The molecule has 2 fully saturated rings. The van der Waals surface area contributed by atoms with Gasteiger partial charge in [0.1, 0.15) is 0 Å². The molecule has 4 atom stereocenters. The van der Waals surface area contributed by atoms with E-state index in [9.17, 15) is 0 Å². The summed E-state index contributed by atoms with van der Waals surface area (Å²) < 4.78 is 0. The van der Waals surface area contributed by atoms with Crippen LogP contribution in [-0.4, -0.2) is 0 Å². The molecule has 0 heteroatoms. The molecule has 0 bridgehead atoms. The standard InChI is InChI=1S/C16H25/c1-11-4-7-14(8-11)16(3,10-13-5-6-13)15-9-12(15)2/h8,10,12-15H,4-7,9H2,1-3H3. The Bertz CT molecular complexity index is 310.